The van der Waals surface area contributed by atoms with Crippen LogP contribution in [0.2, 0.25) is 0 Å². The number of benzene rings is 3. The van der Waals surface area contributed by atoms with Gasteiger partial charge in [-0.1, -0.05) is 42.5 Å². The molecule has 7 heteroatoms. The molecular formula is C29H23NO6. The van der Waals surface area contributed by atoms with Crippen LogP contribution in [0.5, 0.6) is 11.5 Å². The maximum atomic E-state index is 13.2. The number of ketones is 1. The number of hydrogen-bond acceptors (Lipinski definition) is 6. The predicted molar refractivity (Wildman–Crippen MR) is 134 cm³/mol. The topological polar surface area (TPSA) is 100 Å². The maximum Gasteiger partial charge on any atom is 0.300 e. The largest absolute Gasteiger partial charge is 0.507 e. The molecule has 4 aromatic rings. The van der Waals surface area contributed by atoms with E-state index in [4.69, 9.17) is 9.15 Å². The number of nitrogens with zero attached hydrogens (tertiary/aromatic N) is 1. The van der Waals surface area contributed by atoms with Crippen LogP contribution in [-0.4, -0.2) is 21.9 Å². The summed E-state index contributed by atoms with van der Waals surface area (Å²) in [7, 11) is 0. The van der Waals surface area contributed by atoms with E-state index in [0.717, 1.165) is 16.0 Å². The lowest BCUT2D eigenvalue weighted by atomic mass is 9.98. The fourth-order valence-corrected chi connectivity index (χ4v) is 4.31. The lowest BCUT2D eigenvalue weighted by Gasteiger charge is -2.24. The lowest BCUT2D eigenvalue weighted by molar-refractivity contribution is -0.132. The fourth-order valence-electron chi connectivity index (χ4n) is 4.31. The van der Waals surface area contributed by atoms with Gasteiger partial charge in [0.1, 0.15) is 35.7 Å². The molecule has 0 saturated carbocycles. The summed E-state index contributed by atoms with van der Waals surface area (Å²) in [5.41, 5.74) is 2.13. The third-order valence-corrected chi connectivity index (χ3v) is 6.08. The molecule has 5 rings (SSSR count). The highest BCUT2D eigenvalue weighted by Gasteiger charge is 2.49. The molecular weight excluding hydrogens is 458 g/mol. The summed E-state index contributed by atoms with van der Waals surface area (Å²) in [5.74, 6) is -1.36. The second-order valence-electron chi connectivity index (χ2n) is 8.43. The third kappa shape index (κ3) is 4.11. The molecule has 0 bridgehead atoms. The number of phenolic OH excluding ortho intramolecular Hbond substituents is 1. The van der Waals surface area contributed by atoms with Gasteiger partial charge in [-0.15, -0.1) is 0 Å². The third-order valence-electron chi connectivity index (χ3n) is 6.08. The first-order valence-electron chi connectivity index (χ1n) is 11.4. The number of aryl methyl sites for hydroxylation is 1. The van der Waals surface area contributed by atoms with Crippen molar-refractivity contribution in [2.75, 3.05) is 4.90 Å². The Labute approximate surface area is 207 Å². The average Bonchev–Trinajstić information content (AvgIpc) is 3.51. The number of rotatable bonds is 6. The second kappa shape index (κ2) is 9.46. The first kappa shape index (κ1) is 23.0. The Kier molecular flexibility index (Phi) is 6.04. The number of carbonyl (C=O) groups excluding carboxylic acids is 2. The molecule has 1 unspecified atom stereocenters. The summed E-state index contributed by atoms with van der Waals surface area (Å²) < 4.78 is 11.5. The number of aliphatic hydroxyl groups is 1. The van der Waals surface area contributed by atoms with E-state index in [1.807, 2.05) is 37.3 Å². The van der Waals surface area contributed by atoms with Crippen LogP contribution in [0.25, 0.3) is 5.76 Å². The molecule has 1 aromatic heterocycles. The van der Waals surface area contributed by atoms with Gasteiger partial charge >= 0.3 is 0 Å². The molecule has 0 spiro atoms. The minimum absolute atomic E-state index is 0.129. The van der Waals surface area contributed by atoms with Crippen molar-refractivity contribution in [2.24, 2.45) is 0 Å². The van der Waals surface area contributed by atoms with E-state index in [1.165, 1.54) is 18.4 Å². The number of aromatic hydroxyl groups is 1. The van der Waals surface area contributed by atoms with Crippen molar-refractivity contribution in [2.45, 2.75) is 19.6 Å². The van der Waals surface area contributed by atoms with Crippen LogP contribution in [-0.2, 0) is 16.2 Å². The predicted octanol–water partition coefficient (Wildman–Crippen LogP) is 5.50. The number of aliphatic hydroxyl groups excluding tert-OH is 1. The van der Waals surface area contributed by atoms with E-state index in [0.29, 0.717) is 17.9 Å². The van der Waals surface area contributed by atoms with Crippen LogP contribution in [0.15, 0.2) is 101 Å². The molecule has 1 amide bonds. The second-order valence-corrected chi connectivity index (χ2v) is 8.43. The van der Waals surface area contributed by atoms with E-state index in [-0.39, 0.29) is 28.5 Å². The fraction of sp³-hybridized carbons (Fsp3) is 0.103. The number of Topliss-reactive ketones (excluding diaryl/α,β-unsaturated/α-hetero) is 1. The number of furan rings is 1. The standard InChI is InChI=1S/C29H23NO6/c1-18-16-20(13-14-23(18)36-17-19-8-3-2-4-9-19)27(32)25-26(24-12-7-15-35-24)30(29(34)28(25)33)21-10-5-6-11-22(21)31/h2-16,26,31-32H,17H2,1H3/b27-25-. The zero-order valence-electron chi connectivity index (χ0n) is 19.4. The molecule has 1 atom stereocenters. The molecule has 36 heavy (non-hydrogen) atoms. The Morgan fingerprint density at radius 2 is 1.72 bits per heavy atom. The van der Waals surface area contributed by atoms with Crippen molar-refractivity contribution in [1.29, 1.82) is 0 Å². The van der Waals surface area contributed by atoms with Gasteiger partial charge in [-0.2, -0.15) is 0 Å². The number of hydrogen-bond donors (Lipinski definition) is 2. The zero-order chi connectivity index (χ0) is 25.2. The molecule has 7 nitrogen and oxygen atoms in total. The van der Waals surface area contributed by atoms with Crippen molar-refractivity contribution in [1.82, 2.24) is 0 Å². The highest BCUT2D eigenvalue weighted by molar-refractivity contribution is 6.51. The van der Waals surface area contributed by atoms with E-state index in [2.05, 4.69) is 0 Å². The van der Waals surface area contributed by atoms with Gasteiger partial charge in [0.15, 0.2) is 0 Å². The quantitative estimate of drug-likeness (QED) is 0.214. The lowest BCUT2D eigenvalue weighted by Crippen LogP contribution is -2.29. The monoisotopic (exact) mass is 481 g/mol. The average molecular weight is 482 g/mol. The molecule has 1 aliphatic heterocycles. The van der Waals surface area contributed by atoms with Crippen molar-refractivity contribution < 1.29 is 29.0 Å². The van der Waals surface area contributed by atoms with Gasteiger partial charge in [0.2, 0.25) is 0 Å². The molecule has 1 fully saturated rings. The van der Waals surface area contributed by atoms with Crippen molar-refractivity contribution in [3.8, 4) is 11.5 Å². The minimum atomic E-state index is -1.05. The summed E-state index contributed by atoms with van der Waals surface area (Å²) in [6.45, 7) is 2.22. The number of carbonyl (C=O) groups is 2. The molecule has 1 aliphatic rings. The van der Waals surface area contributed by atoms with Crippen molar-refractivity contribution in [3.63, 3.8) is 0 Å². The Balaban J connectivity index is 1.54. The summed E-state index contributed by atoms with van der Waals surface area (Å²) >= 11 is 0. The van der Waals surface area contributed by atoms with E-state index in [1.54, 1.807) is 42.5 Å². The summed E-state index contributed by atoms with van der Waals surface area (Å²) in [6, 6.07) is 23.2. The number of ether oxygens (including phenoxy) is 1. The van der Waals surface area contributed by atoms with Crippen molar-refractivity contribution >= 4 is 23.1 Å². The van der Waals surface area contributed by atoms with Crippen molar-refractivity contribution in [3.05, 3.63) is 119 Å². The summed E-state index contributed by atoms with van der Waals surface area (Å²) in [5, 5.41) is 21.7. The molecule has 2 N–H and O–H groups in total. The van der Waals surface area contributed by atoms with E-state index < -0.39 is 17.7 Å². The molecule has 2 heterocycles. The van der Waals surface area contributed by atoms with Gasteiger partial charge in [0.05, 0.1) is 17.5 Å². The first-order valence-corrected chi connectivity index (χ1v) is 11.4. The number of anilines is 1. The Morgan fingerprint density at radius 1 is 0.972 bits per heavy atom. The summed E-state index contributed by atoms with van der Waals surface area (Å²) in [4.78, 5) is 27.4. The van der Waals surface area contributed by atoms with E-state index >= 15 is 0 Å². The van der Waals surface area contributed by atoms with Gasteiger partial charge in [-0.05, 0) is 60.5 Å². The first-order chi connectivity index (χ1) is 17.5. The van der Waals surface area contributed by atoms with Gasteiger partial charge in [0, 0.05) is 5.56 Å². The number of amides is 1. The van der Waals surface area contributed by atoms with Crippen LogP contribution in [0.4, 0.5) is 5.69 Å². The van der Waals surface area contributed by atoms with E-state index in [9.17, 15) is 19.8 Å². The number of phenols is 1. The SMILES string of the molecule is Cc1cc(/C(O)=C2/C(=O)C(=O)N(c3ccccc3O)C2c2ccco2)ccc1OCc1ccccc1. The highest BCUT2D eigenvalue weighted by Crippen LogP contribution is 2.44. The molecule has 1 saturated heterocycles. The van der Waals surface area contributed by atoms with Gasteiger partial charge in [-0.25, -0.2) is 0 Å². The number of para-hydroxylation sites is 2. The van der Waals surface area contributed by atoms with Gasteiger partial charge in [0.25, 0.3) is 11.7 Å². The molecule has 0 aliphatic carbocycles. The Morgan fingerprint density at radius 3 is 2.42 bits per heavy atom. The molecule has 3 aromatic carbocycles. The normalized spacial score (nSPS) is 16.9. The van der Waals surface area contributed by atoms with Crippen LogP contribution in [0.1, 0.15) is 28.5 Å². The van der Waals surface area contributed by atoms with Crippen LogP contribution < -0.4 is 9.64 Å². The van der Waals surface area contributed by atoms with Crippen LogP contribution in [0, 0.1) is 6.92 Å². The summed E-state index contributed by atoms with van der Waals surface area (Å²) in [6.07, 6.45) is 1.42. The molecule has 0 radical (unpaired) electrons. The van der Waals surface area contributed by atoms with Gasteiger partial charge < -0.3 is 19.4 Å². The maximum absolute atomic E-state index is 13.2. The Hall–Kier alpha value is -4.78. The highest BCUT2D eigenvalue weighted by atomic mass is 16.5. The van der Waals surface area contributed by atoms with Crippen LogP contribution >= 0.6 is 0 Å². The minimum Gasteiger partial charge on any atom is -0.507 e. The zero-order valence-corrected chi connectivity index (χ0v) is 19.4. The molecule has 180 valence electrons. The smallest absolute Gasteiger partial charge is 0.300 e. The van der Waals surface area contributed by atoms with Crippen LogP contribution in [0.3, 0.4) is 0 Å². The van der Waals surface area contributed by atoms with Gasteiger partial charge in [-0.3, -0.25) is 14.5 Å². The Bertz CT molecular complexity index is 1460.